The Bertz CT molecular complexity index is 350. The molecule has 94 valence electrons. The van der Waals surface area contributed by atoms with E-state index in [0.717, 1.165) is 31.6 Å². The zero-order valence-corrected chi connectivity index (χ0v) is 10.2. The topological polar surface area (TPSA) is 29.3 Å². The number of halogens is 1. The van der Waals surface area contributed by atoms with Crippen molar-refractivity contribution in [3.8, 4) is 0 Å². The monoisotopic (exact) mass is 236 g/mol. The molecule has 1 fully saturated rings. The summed E-state index contributed by atoms with van der Waals surface area (Å²) in [6, 6.07) is 7.60. The Labute approximate surface area is 103 Å². The van der Waals surface area contributed by atoms with Crippen LogP contribution in [0.2, 0.25) is 0 Å². The average molecular weight is 236 g/mol. The smallest absolute Gasteiger partial charge is 0.123 e. The Morgan fingerprint density at radius 1 is 1.35 bits per heavy atom. The molecule has 1 saturated carbocycles. The van der Waals surface area contributed by atoms with Gasteiger partial charge in [0.1, 0.15) is 5.82 Å². The summed E-state index contributed by atoms with van der Waals surface area (Å²) in [4.78, 5) is 2.45. The molecule has 0 heterocycles. The van der Waals surface area contributed by atoms with Crippen molar-refractivity contribution in [2.75, 3.05) is 13.1 Å². The van der Waals surface area contributed by atoms with Gasteiger partial charge in [-0.1, -0.05) is 18.6 Å². The van der Waals surface area contributed by atoms with Gasteiger partial charge in [0.15, 0.2) is 0 Å². The number of nitrogens with two attached hydrogens (primary N) is 1. The van der Waals surface area contributed by atoms with Crippen LogP contribution in [0.4, 0.5) is 4.39 Å². The highest BCUT2D eigenvalue weighted by atomic mass is 19.1. The molecule has 0 bridgehead atoms. The summed E-state index contributed by atoms with van der Waals surface area (Å²) >= 11 is 0. The third-order valence-electron chi connectivity index (χ3n) is 3.52. The summed E-state index contributed by atoms with van der Waals surface area (Å²) in [6.07, 6.45) is 4.90. The fourth-order valence-electron chi connectivity index (χ4n) is 2.31. The van der Waals surface area contributed by atoms with E-state index in [4.69, 9.17) is 5.73 Å². The average Bonchev–Trinajstić information content (AvgIpc) is 2.23. The van der Waals surface area contributed by atoms with Gasteiger partial charge in [0.05, 0.1) is 0 Å². The zero-order valence-electron chi connectivity index (χ0n) is 10.2. The highest BCUT2D eigenvalue weighted by Gasteiger charge is 2.24. The van der Waals surface area contributed by atoms with Crippen LogP contribution in [0.5, 0.6) is 0 Å². The van der Waals surface area contributed by atoms with Crippen molar-refractivity contribution < 1.29 is 4.39 Å². The van der Waals surface area contributed by atoms with Crippen molar-refractivity contribution in [1.29, 1.82) is 0 Å². The molecule has 0 atom stereocenters. The summed E-state index contributed by atoms with van der Waals surface area (Å²) in [5, 5.41) is 0. The molecular formula is C14H21FN2. The summed E-state index contributed by atoms with van der Waals surface area (Å²) < 4.78 is 13.1. The molecular weight excluding hydrogens is 215 g/mol. The standard InChI is InChI=1S/C14H21FN2/c15-13-5-1-4-12(10-13)11-17(9-3-8-16)14-6-2-7-14/h1,4-5,10,14H,2-3,6-9,11,16H2. The van der Waals surface area contributed by atoms with Crippen molar-refractivity contribution in [1.82, 2.24) is 4.90 Å². The van der Waals surface area contributed by atoms with E-state index in [1.165, 1.54) is 25.3 Å². The van der Waals surface area contributed by atoms with E-state index in [1.54, 1.807) is 12.1 Å². The maximum Gasteiger partial charge on any atom is 0.123 e. The molecule has 0 saturated heterocycles. The Hall–Kier alpha value is -0.930. The summed E-state index contributed by atoms with van der Waals surface area (Å²) in [6.45, 7) is 2.60. The third-order valence-corrected chi connectivity index (χ3v) is 3.52. The van der Waals surface area contributed by atoms with Gasteiger partial charge in [-0.3, -0.25) is 4.90 Å². The number of rotatable bonds is 6. The van der Waals surface area contributed by atoms with Gasteiger partial charge >= 0.3 is 0 Å². The van der Waals surface area contributed by atoms with Gasteiger partial charge in [-0.15, -0.1) is 0 Å². The molecule has 1 aliphatic rings. The zero-order chi connectivity index (χ0) is 12.1. The third kappa shape index (κ3) is 3.51. The van der Waals surface area contributed by atoms with Crippen LogP contribution in [0.25, 0.3) is 0 Å². The van der Waals surface area contributed by atoms with E-state index in [0.29, 0.717) is 6.04 Å². The molecule has 1 aliphatic carbocycles. The molecule has 0 amide bonds. The Morgan fingerprint density at radius 3 is 2.76 bits per heavy atom. The lowest BCUT2D eigenvalue weighted by molar-refractivity contribution is 0.118. The number of hydrogen-bond donors (Lipinski definition) is 1. The maximum absolute atomic E-state index is 13.1. The van der Waals surface area contributed by atoms with Crippen LogP contribution < -0.4 is 5.73 Å². The first kappa shape index (κ1) is 12.5. The van der Waals surface area contributed by atoms with Crippen molar-refractivity contribution in [2.24, 2.45) is 5.73 Å². The first-order valence-electron chi connectivity index (χ1n) is 6.48. The lowest BCUT2D eigenvalue weighted by atomic mass is 9.91. The van der Waals surface area contributed by atoms with Gasteiger partial charge in [-0.25, -0.2) is 4.39 Å². The molecule has 2 N–H and O–H groups in total. The molecule has 2 nitrogen and oxygen atoms in total. The second kappa shape index (κ2) is 6.12. The molecule has 3 heteroatoms. The van der Waals surface area contributed by atoms with Gasteiger partial charge in [-0.2, -0.15) is 0 Å². The molecule has 0 aliphatic heterocycles. The van der Waals surface area contributed by atoms with E-state index < -0.39 is 0 Å². The molecule has 0 unspecified atom stereocenters. The fraction of sp³-hybridized carbons (Fsp3) is 0.571. The number of benzene rings is 1. The molecule has 1 aromatic carbocycles. The lowest BCUT2D eigenvalue weighted by Gasteiger charge is -2.37. The van der Waals surface area contributed by atoms with E-state index in [9.17, 15) is 4.39 Å². The van der Waals surface area contributed by atoms with E-state index >= 15 is 0 Å². The maximum atomic E-state index is 13.1. The van der Waals surface area contributed by atoms with Crippen LogP contribution >= 0.6 is 0 Å². The second-order valence-electron chi connectivity index (χ2n) is 4.83. The Kier molecular flexibility index (Phi) is 4.51. The van der Waals surface area contributed by atoms with E-state index in [-0.39, 0.29) is 5.82 Å². The van der Waals surface area contributed by atoms with Gasteiger partial charge in [0.2, 0.25) is 0 Å². The van der Waals surface area contributed by atoms with Crippen molar-refractivity contribution in [2.45, 2.75) is 38.3 Å². The van der Waals surface area contributed by atoms with Crippen LogP contribution in [0.3, 0.4) is 0 Å². The predicted molar refractivity (Wildman–Crippen MR) is 68.1 cm³/mol. The first-order chi connectivity index (χ1) is 8.29. The minimum Gasteiger partial charge on any atom is -0.330 e. The van der Waals surface area contributed by atoms with Crippen molar-refractivity contribution in [3.05, 3.63) is 35.6 Å². The summed E-state index contributed by atoms with van der Waals surface area (Å²) in [5.74, 6) is -0.144. The van der Waals surface area contributed by atoms with Crippen LogP contribution in [0.15, 0.2) is 24.3 Å². The quantitative estimate of drug-likeness (QED) is 0.822. The normalized spacial score (nSPS) is 16.2. The van der Waals surface area contributed by atoms with Crippen LogP contribution in [-0.2, 0) is 6.54 Å². The van der Waals surface area contributed by atoms with E-state index in [1.807, 2.05) is 6.07 Å². The van der Waals surface area contributed by atoms with Gasteiger partial charge < -0.3 is 5.73 Å². The van der Waals surface area contributed by atoms with Crippen molar-refractivity contribution >= 4 is 0 Å². The Balaban J connectivity index is 1.95. The van der Waals surface area contributed by atoms with E-state index in [2.05, 4.69) is 4.90 Å². The molecule has 1 aromatic rings. The molecule has 0 spiro atoms. The summed E-state index contributed by atoms with van der Waals surface area (Å²) in [5.41, 5.74) is 6.63. The second-order valence-corrected chi connectivity index (χ2v) is 4.83. The molecule has 17 heavy (non-hydrogen) atoms. The van der Waals surface area contributed by atoms with Gasteiger partial charge in [0.25, 0.3) is 0 Å². The first-order valence-corrected chi connectivity index (χ1v) is 6.48. The number of hydrogen-bond acceptors (Lipinski definition) is 2. The minimum absolute atomic E-state index is 0.144. The number of nitrogens with zero attached hydrogens (tertiary/aromatic N) is 1. The SMILES string of the molecule is NCCCN(Cc1cccc(F)c1)C1CCC1. The molecule has 2 rings (SSSR count). The fourth-order valence-corrected chi connectivity index (χ4v) is 2.31. The highest BCUT2D eigenvalue weighted by molar-refractivity contribution is 5.16. The molecule has 0 radical (unpaired) electrons. The van der Waals surface area contributed by atoms with Crippen LogP contribution in [0.1, 0.15) is 31.2 Å². The van der Waals surface area contributed by atoms with Crippen LogP contribution in [-0.4, -0.2) is 24.0 Å². The summed E-state index contributed by atoms with van der Waals surface area (Å²) in [7, 11) is 0. The predicted octanol–water partition coefficient (Wildman–Crippen LogP) is 2.53. The van der Waals surface area contributed by atoms with Crippen molar-refractivity contribution in [3.63, 3.8) is 0 Å². The van der Waals surface area contributed by atoms with Gasteiger partial charge in [0, 0.05) is 12.6 Å². The highest BCUT2D eigenvalue weighted by Crippen LogP contribution is 2.26. The molecule has 0 aromatic heterocycles. The Morgan fingerprint density at radius 2 is 2.18 bits per heavy atom. The largest absolute Gasteiger partial charge is 0.330 e. The van der Waals surface area contributed by atoms with Crippen LogP contribution in [0, 0.1) is 5.82 Å². The van der Waals surface area contributed by atoms with Gasteiger partial charge in [-0.05, 0) is 50.0 Å². The minimum atomic E-state index is -0.144. The lowest BCUT2D eigenvalue weighted by Crippen LogP contribution is -2.40.